The summed E-state index contributed by atoms with van der Waals surface area (Å²) >= 11 is 1.72. The zero-order valence-electron chi connectivity index (χ0n) is 19.1. The van der Waals surface area contributed by atoms with Crippen LogP contribution in [0.2, 0.25) is 0 Å². The lowest BCUT2D eigenvalue weighted by Gasteiger charge is -2.31. The van der Waals surface area contributed by atoms with Crippen LogP contribution in [0.3, 0.4) is 0 Å². The second-order valence-electron chi connectivity index (χ2n) is 8.48. The molecule has 5 heteroatoms. The fourth-order valence-electron chi connectivity index (χ4n) is 4.53. The number of thioether (sulfide) groups is 1. The molecule has 1 aliphatic heterocycles. The second-order valence-corrected chi connectivity index (χ2v) is 9.36. The molecule has 2 heterocycles. The number of anilines is 1. The topological polar surface area (TPSA) is 37.3 Å². The highest BCUT2D eigenvalue weighted by molar-refractivity contribution is 7.98. The Bertz CT molecular complexity index is 1310. The predicted octanol–water partition coefficient (Wildman–Crippen LogP) is 6.95. The van der Waals surface area contributed by atoms with Crippen LogP contribution in [0.1, 0.15) is 34.0 Å². The predicted molar refractivity (Wildman–Crippen MR) is 136 cm³/mol. The molecule has 5 rings (SSSR count). The molecular formula is C28H27N3OS. The number of aryl methyl sites for hydroxylation is 2. The molecule has 2 amide bonds. The zero-order chi connectivity index (χ0) is 22.9. The Morgan fingerprint density at radius 3 is 2.55 bits per heavy atom. The van der Waals surface area contributed by atoms with Crippen molar-refractivity contribution in [2.75, 3.05) is 11.6 Å². The molecule has 0 aliphatic carbocycles. The summed E-state index contributed by atoms with van der Waals surface area (Å²) in [6.07, 6.45) is 4.16. The summed E-state index contributed by atoms with van der Waals surface area (Å²) in [5, 5.41) is 3.20. The Hall–Kier alpha value is -3.44. The van der Waals surface area contributed by atoms with Crippen molar-refractivity contribution >= 4 is 23.5 Å². The van der Waals surface area contributed by atoms with Crippen molar-refractivity contribution in [1.82, 2.24) is 9.47 Å². The van der Waals surface area contributed by atoms with Crippen LogP contribution in [-0.4, -0.2) is 21.8 Å². The van der Waals surface area contributed by atoms with Crippen LogP contribution >= 0.6 is 11.8 Å². The van der Waals surface area contributed by atoms with Crippen LogP contribution in [0.15, 0.2) is 90.0 Å². The number of carbonyl (C=O) groups excluding carboxylic acids is 1. The standard InChI is InChI=1S/C28H27N3OS/c1-19-10-11-20(2)24(17-19)29-28(32)31-18-22-7-4-5-8-25(22)30-16-6-9-26(30)27(31)21-12-14-23(33-3)15-13-21/h4-17,27H,18H2,1-3H3,(H,29,32)/t27-/m0/s1. The van der Waals surface area contributed by atoms with E-state index in [9.17, 15) is 4.79 Å². The van der Waals surface area contributed by atoms with Crippen LogP contribution in [0.25, 0.3) is 5.69 Å². The summed E-state index contributed by atoms with van der Waals surface area (Å²) in [6, 6.07) is 26.9. The highest BCUT2D eigenvalue weighted by atomic mass is 32.2. The van der Waals surface area contributed by atoms with Gasteiger partial charge in [-0.3, -0.25) is 0 Å². The highest BCUT2D eigenvalue weighted by Gasteiger charge is 2.33. The van der Waals surface area contributed by atoms with Gasteiger partial charge in [-0.15, -0.1) is 11.8 Å². The van der Waals surface area contributed by atoms with Gasteiger partial charge in [0.1, 0.15) is 0 Å². The van der Waals surface area contributed by atoms with Crippen molar-refractivity contribution in [1.29, 1.82) is 0 Å². The van der Waals surface area contributed by atoms with Crippen molar-refractivity contribution in [2.45, 2.75) is 31.3 Å². The van der Waals surface area contributed by atoms with Gasteiger partial charge in [0, 0.05) is 22.5 Å². The smallest absolute Gasteiger partial charge is 0.318 e. The third-order valence-electron chi connectivity index (χ3n) is 6.29. The molecule has 0 saturated carbocycles. The maximum absolute atomic E-state index is 13.8. The minimum absolute atomic E-state index is 0.105. The van der Waals surface area contributed by atoms with E-state index in [2.05, 4.69) is 83.0 Å². The lowest BCUT2D eigenvalue weighted by atomic mass is 10.0. The largest absolute Gasteiger partial charge is 0.322 e. The molecule has 0 spiro atoms. The Balaban J connectivity index is 1.63. The molecule has 4 nitrogen and oxygen atoms in total. The molecule has 1 aliphatic rings. The van der Waals surface area contributed by atoms with Gasteiger partial charge in [-0.2, -0.15) is 0 Å². The SMILES string of the molecule is CSc1ccc([C@H]2c3cccn3-c3ccccc3CN2C(=O)Nc2cc(C)ccc2C)cc1. The second kappa shape index (κ2) is 8.83. The van der Waals surface area contributed by atoms with Gasteiger partial charge in [0.25, 0.3) is 0 Å². The highest BCUT2D eigenvalue weighted by Crippen LogP contribution is 2.37. The van der Waals surface area contributed by atoms with E-state index in [0.29, 0.717) is 6.54 Å². The first-order chi connectivity index (χ1) is 16.0. The van der Waals surface area contributed by atoms with Gasteiger partial charge in [0.2, 0.25) is 0 Å². The lowest BCUT2D eigenvalue weighted by Crippen LogP contribution is -2.38. The van der Waals surface area contributed by atoms with Crippen LogP contribution < -0.4 is 5.32 Å². The Morgan fingerprint density at radius 2 is 1.76 bits per heavy atom. The molecular weight excluding hydrogens is 426 g/mol. The molecule has 1 aromatic heterocycles. The Morgan fingerprint density at radius 1 is 0.970 bits per heavy atom. The van der Waals surface area contributed by atoms with Crippen molar-refractivity contribution in [3.05, 3.63) is 113 Å². The average molecular weight is 454 g/mol. The van der Waals surface area contributed by atoms with Gasteiger partial charge in [-0.05, 0) is 78.8 Å². The number of carbonyl (C=O) groups is 1. The van der Waals surface area contributed by atoms with Crippen LogP contribution in [0.4, 0.5) is 10.5 Å². The molecule has 0 saturated heterocycles. The summed E-state index contributed by atoms with van der Waals surface area (Å²) in [7, 11) is 0. The van der Waals surface area contributed by atoms with Gasteiger partial charge in [-0.25, -0.2) is 4.79 Å². The minimum Gasteiger partial charge on any atom is -0.318 e. The van der Waals surface area contributed by atoms with Crippen molar-refractivity contribution in [3.63, 3.8) is 0 Å². The third kappa shape index (κ3) is 4.05. The number of urea groups is 1. The lowest BCUT2D eigenvalue weighted by molar-refractivity contribution is 0.194. The number of rotatable bonds is 3. The van der Waals surface area contributed by atoms with Gasteiger partial charge >= 0.3 is 6.03 Å². The number of nitrogens with one attached hydrogen (secondary N) is 1. The van der Waals surface area contributed by atoms with Gasteiger partial charge in [-0.1, -0.05) is 42.5 Å². The van der Waals surface area contributed by atoms with E-state index in [-0.39, 0.29) is 12.1 Å². The van der Waals surface area contributed by atoms with E-state index in [1.807, 2.05) is 36.9 Å². The molecule has 0 fully saturated rings. The van der Waals surface area contributed by atoms with E-state index in [1.54, 1.807) is 11.8 Å². The maximum atomic E-state index is 13.8. The third-order valence-corrected chi connectivity index (χ3v) is 7.03. The first-order valence-electron chi connectivity index (χ1n) is 11.1. The van der Waals surface area contributed by atoms with Crippen LogP contribution in [-0.2, 0) is 6.54 Å². The quantitative estimate of drug-likeness (QED) is 0.341. The van der Waals surface area contributed by atoms with E-state index in [0.717, 1.165) is 39.3 Å². The fourth-order valence-corrected chi connectivity index (χ4v) is 4.94. The number of aromatic nitrogens is 1. The molecule has 0 bridgehead atoms. The number of hydrogen-bond donors (Lipinski definition) is 1. The summed E-state index contributed by atoms with van der Waals surface area (Å²) in [5.74, 6) is 0. The number of fused-ring (bicyclic) bond motifs is 3. The number of benzene rings is 3. The summed E-state index contributed by atoms with van der Waals surface area (Å²) in [4.78, 5) is 17.0. The first kappa shape index (κ1) is 21.4. The van der Waals surface area contributed by atoms with Crippen molar-refractivity contribution < 1.29 is 4.79 Å². The molecule has 0 unspecified atom stereocenters. The van der Waals surface area contributed by atoms with Gasteiger partial charge in [0.15, 0.2) is 0 Å². The number of amides is 2. The fraction of sp³-hybridized carbons (Fsp3) is 0.179. The summed E-state index contributed by atoms with van der Waals surface area (Å²) in [6.45, 7) is 4.58. The van der Waals surface area contributed by atoms with E-state index in [4.69, 9.17) is 0 Å². The molecule has 1 atom stereocenters. The first-order valence-corrected chi connectivity index (χ1v) is 12.3. The number of nitrogens with zero attached hydrogens (tertiary/aromatic N) is 2. The number of hydrogen-bond acceptors (Lipinski definition) is 2. The van der Waals surface area contributed by atoms with E-state index in [1.165, 1.54) is 4.90 Å². The molecule has 0 radical (unpaired) electrons. The maximum Gasteiger partial charge on any atom is 0.322 e. The molecule has 166 valence electrons. The zero-order valence-corrected chi connectivity index (χ0v) is 19.9. The molecule has 33 heavy (non-hydrogen) atoms. The van der Waals surface area contributed by atoms with Crippen molar-refractivity contribution in [3.8, 4) is 5.69 Å². The van der Waals surface area contributed by atoms with E-state index >= 15 is 0 Å². The molecule has 1 N–H and O–H groups in total. The van der Waals surface area contributed by atoms with Crippen LogP contribution in [0.5, 0.6) is 0 Å². The minimum atomic E-state index is -0.214. The summed E-state index contributed by atoms with van der Waals surface area (Å²) in [5.41, 5.74) is 7.43. The normalized spacial score (nSPS) is 14.9. The Labute approximate surface area is 199 Å². The van der Waals surface area contributed by atoms with Crippen LogP contribution in [0, 0.1) is 13.8 Å². The van der Waals surface area contributed by atoms with Crippen molar-refractivity contribution in [2.24, 2.45) is 0 Å². The monoisotopic (exact) mass is 453 g/mol. The molecule has 4 aromatic rings. The average Bonchev–Trinajstić information content (AvgIpc) is 3.26. The van der Waals surface area contributed by atoms with Gasteiger partial charge < -0.3 is 14.8 Å². The summed E-state index contributed by atoms with van der Waals surface area (Å²) < 4.78 is 2.22. The van der Waals surface area contributed by atoms with Gasteiger partial charge in [0.05, 0.1) is 18.3 Å². The Kier molecular flexibility index (Phi) is 5.73. The van der Waals surface area contributed by atoms with E-state index < -0.39 is 0 Å². The molecule has 3 aromatic carbocycles. The number of para-hydroxylation sites is 1.